The van der Waals surface area contributed by atoms with Crippen LogP contribution in [-0.4, -0.2) is 82.5 Å². The third kappa shape index (κ3) is 4.90. The first-order valence-corrected chi connectivity index (χ1v) is 11.8. The van der Waals surface area contributed by atoms with Crippen molar-refractivity contribution in [2.45, 2.75) is 50.2 Å². The molecule has 0 radical (unpaired) electrons. The Labute approximate surface area is 191 Å². The maximum absolute atomic E-state index is 13.0. The van der Waals surface area contributed by atoms with Crippen LogP contribution >= 0.6 is 0 Å². The lowest BCUT2D eigenvalue weighted by atomic mass is 9.74. The number of nitrogens with one attached hydrogen (secondary N) is 1. The van der Waals surface area contributed by atoms with Crippen LogP contribution in [0.5, 0.6) is 0 Å². The summed E-state index contributed by atoms with van der Waals surface area (Å²) in [7, 11) is 3.99. The van der Waals surface area contributed by atoms with Gasteiger partial charge in [0.05, 0.1) is 17.4 Å². The Hall–Kier alpha value is -2.22. The molecule has 2 aliphatic rings. The number of aryl methyl sites for hydroxylation is 2. The van der Waals surface area contributed by atoms with Gasteiger partial charge in [-0.25, -0.2) is 0 Å². The molecule has 4 rings (SSSR count). The number of hydrogen-bond donors (Lipinski definition) is 2. The van der Waals surface area contributed by atoms with Crippen LogP contribution in [0, 0.1) is 6.92 Å². The predicted octanol–water partition coefficient (Wildman–Crippen LogP) is 1.95. The van der Waals surface area contributed by atoms with Gasteiger partial charge in [-0.15, -0.1) is 0 Å². The van der Waals surface area contributed by atoms with Gasteiger partial charge in [0.15, 0.2) is 0 Å². The smallest absolute Gasteiger partial charge is 0.254 e. The molecule has 1 aliphatic heterocycles. The van der Waals surface area contributed by atoms with Gasteiger partial charge in [0.25, 0.3) is 5.91 Å². The normalized spacial score (nSPS) is 27.8. The minimum Gasteiger partial charge on any atom is -0.391 e. The molecule has 0 bridgehead atoms. The van der Waals surface area contributed by atoms with Crippen molar-refractivity contribution in [3.63, 3.8) is 0 Å². The number of carbonyl (C=O) groups is 1. The number of piperazine rings is 1. The van der Waals surface area contributed by atoms with Crippen LogP contribution in [0.3, 0.4) is 0 Å². The van der Waals surface area contributed by atoms with Crippen LogP contribution in [0.2, 0.25) is 0 Å². The zero-order chi connectivity index (χ0) is 22.7. The Morgan fingerprint density at radius 1 is 1.12 bits per heavy atom. The third-order valence-corrected chi connectivity index (χ3v) is 7.52. The molecule has 1 aromatic heterocycles. The van der Waals surface area contributed by atoms with Gasteiger partial charge in [0.1, 0.15) is 0 Å². The first-order valence-electron chi connectivity index (χ1n) is 11.8. The molecule has 1 aliphatic carbocycles. The van der Waals surface area contributed by atoms with E-state index in [0.717, 1.165) is 57.6 Å². The first-order chi connectivity index (χ1) is 15.4. The number of likely N-dealkylation sites (N-methyl/N-ethyl adjacent to an activating group) is 1. The standard InChI is InChI=1S/C25H37N5O2/c1-19-21(17-29(3)27-19)24(32)26-18-25(20-7-5-4-6-8-20)11-9-22(23(31)10-12-25)30-15-13-28(2)14-16-30/h4-8,17,22-23,31H,9-16,18H2,1-3H3,(H,26,32)/t22-,23-,25-/m0/s1. The Bertz CT molecular complexity index is 906. The van der Waals surface area contributed by atoms with Gasteiger partial charge in [0.2, 0.25) is 0 Å². The fourth-order valence-electron chi connectivity index (χ4n) is 5.46. The van der Waals surface area contributed by atoms with E-state index in [-0.39, 0.29) is 23.5 Å². The maximum atomic E-state index is 13.0. The number of nitrogens with zero attached hydrogens (tertiary/aromatic N) is 4. The summed E-state index contributed by atoms with van der Waals surface area (Å²) < 4.78 is 1.68. The molecule has 7 nitrogen and oxygen atoms in total. The van der Waals surface area contributed by atoms with Crippen LogP contribution < -0.4 is 5.32 Å². The first kappa shape index (κ1) is 23.0. The number of aromatic nitrogens is 2. The second kappa shape index (κ2) is 9.73. The van der Waals surface area contributed by atoms with Crippen molar-refractivity contribution in [2.24, 2.45) is 7.05 Å². The third-order valence-electron chi connectivity index (χ3n) is 7.52. The average molecular weight is 440 g/mol. The molecule has 0 spiro atoms. The second-order valence-corrected chi connectivity index (χ2v) is 9.68. The average Bonchev–Trinajstić information content (AvgIpc) is 3.04. The lowest BCUT2D eigenvalue weighted by molar-refractivity contribution is 0.0200. The van der Waals surface area contributed by atoms with Crippen molar-refractivity contribution in [1.82, 2.24) is 24.9 Å². The van der Waals surface area contributed by atoms with Crippen LogP contribution in [0.4, 0.5) is 0 Å². The highest BCUT2D eigenvalue weighted by Gasteiger charge is 2.40. The lowest BCUT2D eigenvalue weighted by Crippen LogP contribution is -2.52. The topological polar surface area (TPSA) is 73.6 Å². The largest absolute Gasteiger partial charge is 0.391 e. The monoisotopic (exact) mass is 439 g/mol. The van der Waals surface area contributed by atoms with E-state index in [0.29, 0.717) is 12.1 Å². The number of hydrogen-bond acceptors (Lipinski definition) is 5. The molecule has 0 unspecified atom stereocenters. The van der Waals surface area contributed by atoms with Crippen molar-refractivity contribution in [3.8, 4) is 0 Å². The second-order valence-electron chi connectivity index (χ2n) is 9.68. The maximum Gasteiger partial charge on any atom is 0.254 e. The van der Waals surface area contributed by atoms with Gasteiger partial charge in [-0.1, -0.05) is 30.3 Å². The molecule has 2 aromatic rings. The summed E-state index contributed by atoms with van der Waals surface area (Å²) in [6.07, 6.45) is 4.92. The predicted molar refractivity (Wildman–Crippen MR) is 126 cm³/mol. The van der Waals surface area contributed by atoms with E-state index in [1.807, 2.05) is 20.0 Å². The molecular weight excluding hydrogens is 402 g/mol. The molecule has 32 heavy (non-hydrogen) atoms. The summed E-state index contributed by atoms with van der Waals surface area (Å²) in [4.78, 5) is 17.8. The van der Waals surface area contributed by atoms with Gasteiger partial charge < -0.3 is 15.3 Å². The summed E-state index contributed by atoms with van der Waals surface area (Å²) in [5, 5.41) is 18.6. The highest BCUT2D eigenvalue weighted by molar-refractivity contribution is 5.95. The molecule has 2 fully saturated rings. The summed E-state index contributed by atoms with van der Waals surface area (Å²) in [5.74, 6) is -0.0775. The summed E-state index contributed by atoms with van der Waals surface area (Å²) in [6, 6.07) is 10.7. The van der Waals surface area contributed by atoms with E-state index in [2.05, 4.69) is 51.5 Å². The van der Waals surface area contributed by atoms with Crippen molar-refractivity contribution in [2.75, 3.05) is 39.8 Å². The van der Waals surface area contributed by atoms with Crippen LogP contribution in [0.15, 0.2) is 36.5 Å². The van der Waals surface area contributed by atoms with Crippen molar-refractivity contribution < 1.29 is 9.90 Å². The number of aliphatic hydroxyl groups is 1. The summed E-state index contributed by atoms with van der Waals surface area (Å²) in [6.45, 7) is 6.54. The minimum atomic E-state index is -0.333. The Morgan fingerprint density at radius 3 is 2.47 bits per heavy atom. The zero-order valence-electron chi connectivity index (χ0n) is 19.6. The number of benzene rings is 1. The quantitative estimate of drug-likeness (QED) is 0.697. The van der Waals surface area contributed by atoms with Gasteiger partial charge in [0, 0.05) is 57.4 Å². The SMILES string of the molecule is Cc1nn(C)cc1C(=O)NC[C@@]1(c2ccccc2)CC[C@H](O)[C@@H](N2CCN(C)CC2)CC1. The molecule has 1 aromatic carbocycles. The van der Waals surface area contributed by atoms with E-state index < -0.39 is 0 Å². The van der Waals surface area contributed by atoms with Gasteiger partial charge in [-0.2, -0.15) is 5.10 Å². The fraction of sp³-hybridized carbons (Fsp3) is 0.600. The number of carbonyl (C=O) groups excluding carboxylic acids is 1. The summed E-state index contributed by atoms with van der Waals surface area (Å²) in [5.41, 5.74) is 2.43. The van der Waals surface area contributed by atoms with Crippen LogP contribution in [-0.2, 0) is 12.5 Å². The Balaban J connectivity index is 1.53. The number of aliphatic hydroxyl groups excluding tert-OH is 1. The van der Waals surface area contributed by atoms with Crippen molar-refractivity contribution in [3.05, 3.63) is 53.3 Å². The molecule has 174 valence electrons. The van der Waals surface area contributed by atoms with Crippen LogP contribution in [0.1, 0.15) is 47.3 Å². The van der Waals surface area contributed by atoms with Crippen molar-refractivity contribution in [1.29, 1.82) is 0 Å². The molecule has 3 atom stereocenters. The molecule has 1 saturated carbocycles. The molecule has 2 N–H and O–H groups in total. The lowest BCUT2D eigenvalue weighted by Gasteiger charge is -2.39. The number of rotatable bonds is 5. The van der Waals surface area contributed by atoms with E-state index in [1.54, 1.807) is 10.9 Å². The van der Waals surface area contributed by atoms with Gasteiger partial charge in [-0.3, -0.25) is 14.4 Å². The van der Waals surface area contributed by atoms with Crippen LogP contribution in [0.25, 0.3) is 0 Å². The summed E-state index contributed by atoms with van der Waals surface area (Å²) >= 11 is 0. The Morgan fingerprint density at radius 2 is 1.81 bits per heavy atom. The van der Waals surface area contributed by atoms with Gasteiger partial charge in [-0.05, 0) is 45.2 Å². The highest BCUT2D eigenvalue weighted by Crippen LogP contribution is 2.39. The van der Waals surface area contributed by atoms with Gasteiger partial charge >= 0.3 is 0 Å². The van der Waals surface area contributed by atoms with E-state index >= 15 is 0 Å². The van der Waals surface area contributed by atoms with E-state index in [1.165, 1.54) is 5.56 Å². The minimum absolute atomic E-state index is 0.0775. The molecular formula is C25H37N5O2. The molecule has 7 heteroatoms. The molecule has 1 saturated heterocycles. The van der Waals surface area contributed by atoms with E-state index in [4.69, 9.17) is 0 Å². The molecule has 1 amide bonds. The molecule has 2 heterocycles. The van der Waals surface area contributed by atoms with E-state index in [9.17, 15) is 9.90 Å². The Kier molecular flexibility index (Phi) is 6.98. The van der Waals surface area contributed by atoms with Crippen molar-refractivity contribution >= 4 is 5.91 Å². The number of amides is 1. The highest BCUT2D eigenvalue weighted by atomic mass is 16.3. The zero-order valence-corrected chi connectivity index (χ0v) is 19.6. The fourth-order valence-corrected chi connectivity index (χ4v) is 5.46.